The summed E-state index contributed by atoms with van der Waals surface area (Å²) in [6, 6.07) is 6.61. The monoisotopic (exact) mass is 288 g/mol. The molecule has 0 unspecified atom stereocenters. The molecule has 1 aromatic heterocycles. The third-order valence-electron chi connectivity index (χ3n) is 2.90. The van der Waals surface area contributed by atoms with Gasteiger partial charge in [0, 0.05) is 17.5 Å². The predicted octanol–water partition coefficient (Wildman–Crippen LogP) is 2.46. The average molecular weight is 288 g/mol. The van der Waals surface area contributed by atoms with E-state index in [9.17, 15) is 9.59 Å². The lowest BCUT2D eigenvalue weighted by Crippen LogP contribution is -2.14. The first kappa shape index (κ1) is 14.8. The van der Waals surface area contributed by atoms with Crippen molar-refractivity contribution in [3.63, 3.8) is 0 Å². The molecule has 0 aliphatic rings. The third-order valence-corrected chi connectivity index (χ3v) is 2.90. The van der Waals surface area contributed by atoms with Crippen molar-refractivity contribution >= 4 is 16.9 Å². The Morgan fingerprint density at radius 1 is 1.38 bits per heavy atom. The van der Waals surface area contributed by atoms with Gasteiger partial charge in [0.15, 0.2) is 6.61 Å². The molecule has 1 aromatic carbocycles. The fourth-order valence-electron chi connectivity index (χ4n) is 1.93. The summed E-state index contributed by atoms with van der Waals surface area (Å²) >= 11 is 0. The minimum absolute atomic E-state index is 0.147. The first-order chi connectivity index (χ1) is 10.1. The van der Waals surface area contributed by atoms with E-state index in [4.69, 9.17) is 13.9 Å². The molecule has 0 fully saturated rings. The van der Waals surface area contributed by atoms with Gasteiger partial charge in [0.05, 0.1) is 0 Å². The quantitative estimate of drug-likeness (QED) is 0.464. The van der Waals surface area contributed by atoms with Crippen molar-refractivity contribution in [1.29, 1.82) is 0 Å². The summed E-state index contributed by atoms with van der Waals surface area (Å²) < 4.78 is 15.3. The molecule has 0 saturated carbocycles. The first-order valence-electron chi connectivity index (χ1n) is 6.60. The molecule has 5 nitrogen and oxygen atoms in total. The van der Waals surface area contributed by atoms with Crippen LogP contribution in [0.5, 0.6) is 5.75 Å². The summed E-state index contributed by atoms with van der Waals surface area (Å²) in [7, 11) is 0. The number of aryl methyl sites for hydroxylation is 1. The van der Waals surface area contributed by atoms with Gasteiger partial charge in [-0.3, -0.25) is 0 Å². The number of rotatable bonds is 6. The fraction of sp³-hybridized carbons (Fsp3) is 0.250. The van der Waals surface area contributed by atoms with Gasteiger partial charge < -0.3 is 13.9 Å². The third kappa shape index (κ3) is 3.72. The van der Waals surface area contributed by atoms with Crippen LogP contribution in [-0.2, 0) is 16.0 Å². The lowest BCUT2D eigenvalue weighted by Gasteiger charge is -2.07. The number of fused-ring (bicyclic) bond motifs is 1. The Kier molecular flexibility index (Phi) is 4.77. The van der Waals surface area contributed by atoms with E-state index in [0.717, 1.165) is 17.4 Å². The topological polar surface area (TPSA) is 65.7 Å². The van der Waals surface area contributed by atoms with Crippen molar-refractivity contribution in [2.24, 2.45) is 0 Å². The standard InChI is InChI=1S/C16H16O5/c1-3-7-19-16(18)10-20-12-5-6-13-11(4-2)8-15(17)21-14(13)9-12/h3,5-6,8-9H,1,4,7,10H2,2H3. The molecule has 1 heterocycles. The van der Waals surface area contributed by atoms with Crippen LogP contribution in [0.2, 0.25) is 0 Å². The van der Waals surface area contributed by atoms with E-state index >= 15 is 0 Å². The van der Waals surface area contributed by atoms with Crippen molar-refractivity contribution in [2.45, 2.75) is 13.3 Å². The van der Waals surface area contributed by atoms with Gasteiger partial charge in [-0.05, 0) is 24.1 Å². The molecule has 0 bridgehead atoms. The molecule has 0 aliphatic carbocycles. The molecule has 0 atom stereocenters. The van der Waals surface area contributed by atoms with Gasteiger partial charge in [0.2, 0.25) is 0 Å². The van der Waals surface area contributed by atoms with Crippen LogP contribution in [0.3, 0.4) is 0 Å². The Morgan fingerprint density at radius 3 is 2.90 bits per heavy atom. The average Bonchev–Trinajstić information content (AvgIpc) is 2.49. The second-order valence-electron chi connectivity index (χ2n) is 4.36. The Bertz CT molecular complexity index is 714. The largest absolute Gasteiger partial charge is 0.482 e. The molecule has 0 radical (unpaired) electrons. The summed E-state index contributed by atoms with van der Waals surface area (Å²) in [6.07, 6.45) is 2.21. The molecule has 0 spiro atoms. The number of hydrogen-bond acceptors (Lipinski definition) is 5. The smallest absolute Gasteiger partial charge is 0.344 e. The van der Waals surface area contributed by atoms with Crippen LogP contribution in [0.1, 0.15) is 12.5 Å². The molecule has 110 valence electrons. The number of hydrogen-bond donors (Lipinski definition) is 0. The Morgan fingerprint density at radius 2 is 2.19 bits per heavy atom. The van der Waals surface area contributed by atoms with Crippen molar-refractivity contribution in [1.82, 2.24) is 0 Å². The van der Waals surface area contributed by atoms with Crippen molar-refractivity contribution < 1.29 is 18.7 Å². The second kappa shape index (κ2) is 6.74. The van der Waals surface area contributed by atoms with Gasteiger partial charge in [-0.1, -0.05) is 19.6 Å². The van der Waals surface area contributed by atoms with Crippen LogP contribution in [0, 0.1) is 0 Å². The van der Waals surface area contributed by atoms with Crippen LogP contribution in [0.15, 0.2) is 46.1 Å². The van der Waals surface area contributed by atoms with Gasteiger partial charge in [-0.25, -0.2) is 9.59 Å². The molecule has 0 saturated heterocycles. The van der Waals surface area contributed by atoms with Crippen molar-refractivity contribution in [3.8, 4) is 5.75 Å². The van der Waals surface area contributed by atoms with Crippen LogP contribution in [0.25, 0.3) is 11.0 Å². The Hall–Kier alpha value is -2.56. The van der Waals surface area contributed by atoms with E-state index in [1.165, 1.54) is 12.1 Å². The summed E-state index contributed by atoms with van der Waals surface area (Å²) in [4.78, 5) is 22.8. The zero-order chi connectivity index (χ0) is 15.2. The van der Waals surface area contributed by atoms with Crippen LogP contribution in [0.4, 0.5) is 0 Å². The summed E-state index contributed by atoms with van der Waals surface area (Å²) in [6.45, 7) is 5.35. The number of benzene rings is 1. The zero-order valence-electron chi connectivity index (χ0n) is 11.8. The summed E-state index contributed by atoms with van der Waals surface area (Å²) in [5.41, 5.74) is 0.955. The minimum Gasteiger partial charge on any atom is -0.482 e. The highest BCUT2D eigenvalue weighted by atomic mass is 16.6. The number of carbonyl (C=O) groups excluding carboxylic acids is 1. The van der Waals surface area contributed by atoms with Crippen molar-refractivity contribution in [3.05, 3.63) is 52.9 Å². The first-order valence-corrected chi connectivity index (χ1v) is 6.60. The Balaban J connectivity index is 2.17. The van der Waals surface area contributed by atoms with Gasteiger partial charge in [-0.15, -0.1) is 0 Å². The lowest BCUT2D eigenvalue weighted by atomic mass is 10.1. The van der Waals surface area contributed by atoms with Crippen molar-refractivity contribution in [2.75, 3.05) is 13.2 Å². The van der Waals surface area contributed by atoms with E-state index in [0.29, 0.717) is 11.3 Å². The predicted molar refractivity (Wildman–Crippen MR) is 78.5 cm³/mol. The summed E-state index contributed by atoms with van der Waals surface area (Å²) in [5.74, 6) is -0.0479. The zero-order valence-corrected chi connectivity index (χ0v) is 11.8. The maximum absolute atomic E-state index is 11.5. The number of ether oxygens (including phenoxy) is 2. The van der Waals surface area contributed by atoms with E-state index < -0.39 is 11.6 Å². The maximum atomic E-state index is 11.5. The SMILES string of the molecule is C=CCOC(=O)COc1ccc2c(CC)cc(=O)oc2c1. The highest BCUT2D eigenvalue weighted by Gasteiger charge is 2.08. The molecular formula is C16H16O5. The normalized spacial score (nSPS) is 10.3. The second-order valence-corrected chi connectivity index (χ2v) is 4.36. The van der Waals surface area contributed by atoms with E-state index in [2.05, 4.69) is 6.58 Å². The van der Waals surface area contributed by atoms with Gasteiger partial charge >= 0.3 is 11.6 Å². The van der Waals surface area contributed by atoms with Gasteiger partial charge in [0.1, 0.15) is 17.9 Å². The highest BCUT2D eigenvalue weighted by Crippen LogP contribution is 2.22. The van der Waals surface area contributed by atoms with Crippen LogP contribution >= 0.6 is 0 Å². The lowest BCUT2D eigenvalue weighted by molar-refractivity contribution is -0.144. The molecule has 0 aliphatic heterocycles. The molecule has 5 heteroatoms. The Labute approximate surface area is 121 Å². The molecule has 2 aromatic rings. The molecule has 21 heavy (non-hydrogen) atoms. The molecule has 2 rings (SSSR count). The highest BCUT2D eigenvalue weighted by molar-refractivity contribution is 5.81. The number of carbonyl (C=O) groups is 1. The molecular weight excluding hydrogens is 272 g/mol. The fourth-order valence-corrected chi connectivity index (χ4v) is 1.93. The van der Waals surface area contributed by atoms with Crippen LogP contribution < -0.4 is 10.4 Å². The van der Waals surface area contributed by atoms with E-state index in [1.54, 1.807) is 12.1 Å². The number of esters is 1. The minimum atomic E-state index is -0.487. The van der Waals surface area contributed by atoms with Gasteiger partial charge in [-0.2, -0.15) is 0 Å². The summed E-state index contributed by atoms with van der Waals surface area (Å²) in [5, 5.41) is 0.860. The van der Waals surface area contributed by atoms with E-state index in [-0.39, 0.29) is 13.2 Å². The van der Waals surface area contributed by atoms with Gasteiger partial charge in [0.25, 0.3) is 0 Å². The molecule has 0 amide bonds. The maximum Gasteiger partial charge on any atom is 0.344 e. The van der Waals surface area contributed by atoms with E-state index in [1.807, 2.05) is 13.0 Å². The molecule has 0 N–H and O–H groups in total. The van der Waals surface area contributed by atoms with Crippen LogP contribution in [-0.4, -0.2) is 19.2 Å².